The molecule has 2 aromatic heterocycles. The first-order valence-electron chi connectivity index (χ1n) is 12.0. The van der Waals surface area contributed by atoms with E-state index in [1.54, 1.807) is 24.0 Å². The minimum Gasteiger partial charge on any atom is -0.479 e. The summed E-state index contributed by atoms with van der Waals surface area (Å²) >= 11 is 1.50. The number of hydrogen-bond acceptors (Lipinski definition) is 6. The Morgan fingerprint density at radius 1 is 1.23 bits per heavy atom. The Bertz CT molecular complexity index is 1190. The van der Waals surface area contributed by atoms with Gasteiger partial charge in [-0.3, -0.25) is 4.79 Å². The smallest absolute Gasteiger partial charge is 0.329 e. The molecule has 1 N–H and O–H groups in total. The summed E-state index contributed by atoms with van der Waals surface area (Å²) < 4.78 is 5.55. The number of aliphatic carboxylic acids is 1. The van der Waals surface area contributed by atoms with Crippen LogP contribution in [0.25, 0.3) is 0 Å². The van der Waals surface area contributed by atoms with Gasteiger partial charge in [-0.2, -0.15) is 4.98 Å². The van der Waals surface area contributed by atoms with Crippen LogP contribution in [0, 0.1) is 12.8 Å². The Morgan fingerprint density at radius 3 is 2.40 bits per heavy atom. The Morgan fingerprint density at radius 2 is 1.91 bits per heavy atom. The second-order valence-electron chi connectivity index (χ2n) is 10.9. The molecule has 1 aliphatic rings. The van der Waals surface area contributed by atoms with E-state index >= 15 is 0 Å². The van der Waals surface area contributed by atoms with Crippen molar-refractivity contribution >= 4 is 23.2 Å². The van der Waals surface area contributed by atoms with Gasteiger partial charge in [-0.05, 0) is 60.2 Å². The molecular weight excluding hydrogens is 462 g/mol. The fourth-order valence-electron chi connectivity index (χ4n) is 5.20. The number of likely N-dealkylation sites (tertiary alicyclic amines) is 1. The molecule has 1 aliphatic heterocycles. The highest BCUT2D eigenvalue weighted by atomic mass is 32.1. The molecule has 0 bridgehead atoms. The number of thiophene rings is 1. The number of nitrogens with zero attached hydrogens (tertiary/aromatic N) is 3. The van der Waals surface area contributed by atoms with Crippen LogP contribution in [0.2, 0.25) is 0 Å². The van der Waals surface area contributed by atoms with Crippen LogP contribution in [0.15, 0.2) is 46.3 Å². The molecule has 8 heteroatoms. The minimum atomic E-state index is -1.41. The lowest BCUT2D eigenvalue weighted by molar-refractivity contribution is -0.150. The third kappa shape index (κ3) is 4.63. The number of hydrogen-bond donors (Lipinski definition) is 1. The van der Waals surface area contributed by atoms with Crippen LogP contribution in [0.5, 0.6) is 0 Å². The van der Waals surface area contributed by atoms with E-state index in [0.717, 1.165) is 10.4 Å². The third-order valence-electron chi connectivity index (χ3n) is 6.73. The van der Waals surface area contributed by atoms with Crippen molar-refractivity contribution in [1.29, 1.82) is 0 Å². The average Bonchev–Trinajstić information content (AvgIpc) is 3.51. The molecule has 35 heavy (non-hydrogen) atoms. The number of carbonyl (C=O) groups excluding carboxylic acids is 1. The van der Waals surface area contributed by atoms with Crippen molar-refractivity contribution in [2.24, 2.45) is 5.92 Å². The molecule has 3 aromatic rings. The number of benzene rings is 1. The number of carbonyl (C=O) groups is 2. The number of aromatic nitrogens is 2. The second-order valence-corrected chi connectivity index (χ2v) is 11.9. The monoisotopic (exact) mass is 495 g/mol. The molecular formula is C27H33N3O4S. The zero-order valence-electron chi connectivity index (χ0n) is 21.1. The van der Waals surface area contributed by atoms with Crippen LogP contribution >= 0.6 is 11.3 Å². The minimum absolute atomic E-state index is 0.0526. The first-order valence-corrected chi connectivity index (χ1v) is 12.8. The van der Waals surface area contributed by atoms with E-state index in [2.05, 4.69) is 30.9 Å². The number of rotatable bonds is 6. The zero-order chi connectivity index (χ0) is 25.5. The van der Waals surface area contributed by atoms with Crippen molar-refractivity contribution in [1.82, 2.24) is 15.0 Å². The van der Waals surface area contributed by atoms with Gasteiger partial charge in [0.05, 0.1) is 12.0 Å². The summed E-state index contributed by atoms with van der Waals surface area (Å²) in [5.74, 6) is -0.831. The maximum atomic E-state index is 14.2. The predicted molar refractivity (Wildman–Crippen MR) is 135 cm³/mol. The molecule has 3 heterocycles. The quantitative estimate of drug-likeness (QED) is 0.452. The van der Waals surface area contributed by atoms with Crippen LogP contribution in [0.1, 0.15) is 91.9 Å². The number of carboxylic acid groups (broad SMARTS) is 1. The molecule has 4 rings (SSSR count). The summed E-state index contributed by atoms with van der Waals surface area (Å²) in [4.78, 5) is 34.2. The molecule has 0 saturated carbocycles. The molecule has 3 atom stereocenters. The summed E-state index contributed by atoms with van der Waals surface area (Å²) in [6.07, 6.45) is 0.524. The zero-order valence-corrected chi connectivity index (χ0v) is 21.9. The SMILES string of the molecule is Cc1noc([C@@H]2C[C@@](CC(C)C)(C(=O)O)N(C(=O)c3ccc(C(C)(C)C)cc3)[C@H]2c2cccs2)n1. The van der Waals surface area contributed by atoms with Crippen LogP contribution in [-0.4, -0.2) is 37.6 Å². The van der Waals surface area contributed by atoms with Crippen LogP contribution in [0.4, 0.5) is 0 Å². The second kappa shape index (κ2) is 9.22. The Hall–Kier alpha value is -3.00. The maximum Gasteiger partial charge on any atom is 0.329 e. The van der Waals surface area contributed by atoms with Gasteiger partial charge in [0.1, 0.15) is 5.54 Å². The normalized spacial score (nSPS) is 22.7. The van der Waals surface area contributed by atoms with Gasteiger partial charge in [0.15, 0.2) is 5.82 Å². The van der Waals surface area contributed by atoms with Crippen molar-refractivity contribution in [2.75, 3.05) is 0 Å². The Labute approximate surface area is 210 Å². The van der Waals surface area contributed by atoms with Gasteiger partial charge < -0.3 is 14.5 Å². The van der Waals surface area contributed by atoms with E-state index in [1.165, 1.54) is 11.3 Å². The first kappa shape index (κ1) is 25.1. The number of amides is 1. The van der Waals surface area contributed by atoms with E-state index in [0.29, 0.717) is 23.7 Å². The van der Waals surface area contributed by atoms with Crippen LogP contribution in [0.3, 0.4) is 0 Å². The predicted octanol–water partition coefficient (Wildman–Crippen LogP) is 5.98. The van der Waals surface area contributed by atoms with Gasteiger partial charge in [0.25, 0.3) is 5.91 Å². The summed E-state index contributed by atoms with van der Waals surface area (Å²) in [7, 11) is 0. The van der Waals surface area contributed by atoms with E-state index in [1.807, 2.05) is 43.5 Å². The molecule has 0 aliphatic carbocycles. The lowest BCUT2D eigenvalue weighted by atomic mass is 9.83. The summed E-state index contributed by atoms with van der Waals surface area (Å²) in [5, 5.41) is 16.6. The van der Waals surface area contributed by atoms with E-state index in [-0.39, 0.29) is 23.7 Å². The fraction of sp³-hybridized carbons (Fsp3) is 0.481. The van der Waals surface area contributed by atoms with Crippen molar-refractivity contribution in [2.45, 2.75) is 77.3 Å². The van der Waals surface area contributed by atoms with Crippen molar-refractivity contribution in [3.8, 4) is 0 Å². The number of aryl methyl sites for hydroxylation is 1. The molecule has 186 valence electrons. The molecule has 0 unspecified atom stereocenters. The number of carboxylic acids is 1. The van der Waals surface area contributed by atoms with Gasteiger partial charge in [0, 0.05) is 10.4 Å². The fourth-order valence-corrected chi connectivity index (χ4v) is 6.08. The van der Waals surface area contributed by atoms with Gasteiger partial charge in [-0.15, -0.1) is 11.3 Å². The lowest BCUT2D eigenvalue weighted by Crippen LogP contribution is -2.54. The summed E-state index contributed by atoms with van der Waals surface area (Å²) in [5.41, 5.74) is 0.112. The lowest BCUT2D eigenvalue weighted by Gasteiger charge is -2.39. The van der Waals surface area contributed by atoms with Crippen LogP contribution < -0.4 is 0 Å². The molecule has 1 amide bonds. The molecule has 1 fully saturated rings. The Kier molecular flexibility index (Phi) is 6.62. The average molecular weight is 496 g/mol. The topological polar surface area (TPSA) is 96.5 Å². The van der Waals surface area contributed by atoms with Gasteiger partial charge in [-0.25, -0.2) is 4.79 Å². The summed E-state index contributed by atoms with van der Waals surface area (Å²) in [6.45, 7) is 12.1. The van der Waals surface area contributed by atoms with Crippen molar-refractivity contribution in [3.05, 3.63) is 69.5 Å². The first-order chi connectivity index (χ1) is 16.4. The molecule has 0 radical (unpaired) electrons. The largest absolute Gasteiger partial charge is 0.479 e. The summed E-state index contributed by atoms with van der Waals surface area (Å²) in [6, 6.07) is 10.9. The molecule has 0 spiro atoms. The van der Waals surface area contributed by atoms with Crippen molar-refractivity contribution < 1.29 is 19.2 Å². The highest BCUT2D eigenvalue weighted by Gasteiger charge is 2.60. The molecule has 7 nitrogen and oxygen atoms in total. The van der Waals surface area contributed by atoms with E-state index < -0.39 is 23.5 Å². The van der Waals surface area contributed by atoms with E-state index in [4.69, 9.17) is 4.52 Å². The van der Waals surface area contributed by atoms with Gasteiger partial charge in [0.2, 0.25) is 5.89 Å². The standard InChI is InChI=1S/C27H33N3O4S/c1-16(2)14-27(25(32)33)15-20(23-28-17(3)29-34-23)22(21-8-7-13-35-21)30(27)24(31)18-9-11-19(12-10-18)26(4,5)6/h7-13,16,20,22H,14-15H2,1-6H3,(H,32,33)/t20-,22-,27+/m1/s1. The van der Waals surface area contributed by atoms with E-state index in [9.17, 15) is 14.7 Å². The van der Waals surface area contributed by atoms with Crippen LogP contribution in [-0.2, 0) is 10.2 Å². The Balaban J connectivity index is 1.89. The molecule has 1 saturated heterocycles. The highest BCUT2D eigenvalue weighted by Crippen LogP contribution is 2.55. The maximum absolute atomic E-state index is 14.2. The van der Waals surface area contributed by atoms with Gasteiger partial charge in [-0.1, -0.05) is 58.0 Å². The van der Waals surface area contributed by atoms with Gasteiger partial charge >= 0.3 is 5.97 Å². The third-order valence-corrected chi connectivity index (χ3v) is 7.68. The highest BCUT2D eigenvalue weighted by molar-refractivity contribution is 7.10. The van der Waals surface area contributed by atoms with Crippen molar-refractivity contribution in [3.63, 3.8) is 0 Å². The molecule has 1 aromatic carbocycles.